The Morgan fingerprint density at radius 2 is 2.06 bits per heavy atom. The van der Waals surface area contributed by atoms with Gasteiger partial charge in [0.15, 0.2) is 6.19 Å². The van der Waals surface area contributed by atoms with Gasteiger partial charge >= 0.3 is 0 Å². The number of likely N-dealkylation sites (N-methyl/N-ethyl adjacent to an activating group) is 1. The minimum atomic E-state index is 0.568. The first-order valence-corrected chi connectivity index (χ1v) is 6.21. The Bertz CT molecular complexity index is 444. The maximum atomic E-state index is 8.64. The molecule has 1 N–H and O–H groups in total. The molecule has 0 bridgehead atoms. The zero-order valence-electron chi connectivity index (χ0n) is 10.8. The van der Waals surface area contributed by atoms with Crippen molar-refractivity contribution < 1.29 is 0 Å². The van der Waals surface area contributed by atoms with Crippen LogP contribution in [-0.2, 0) is 0 Å². The summed E-state index contributed by atoms with van der Waals surface area (Å²) in [5, 5.41) is 11.2. The van der Waals surface area contributed by atoms with Gasteiger partial charge < -0.3 is 9.80 Å². The van der Waals surface area contributed by atoms with Gasteiger partial charge in [-0.2, -0.15) is 5.26 Å². The first-order chi connectivity index (χ1) is 8.72. The van der Waals surface area contributed by atoms with Crippen LogP contribution < -0.4 is 10.2 Å². The zero-order chi connectivity index (χ0) is 13.0. The fourth-order valence-corrected chi connectivity index (χ4v) is 2.13. The van der Waals surface area contributed by atoms with Gasteiger partial charge in [0.1, 0.15) is 17.5 Å². The Labute approximate surface area is 107 Å². The highest BCUT2D eigenvalue weighted by atomic mass is 15.3. The smallest absolute Gasteiger partial charge is 0.182 e. The van der Waals surface area contributed by atoms with Crippen LogP contribution in [-0.4, -0.2) is 47.6 Å². The molecule has 6 nitrogen and oxygen atoms in total. The molecule has 0 saturated carbocycles. The molecule has 6 heteroatoms. The van der Waals surface area contributed by atoms with E-state index in [2.05, 4.69) is 32.0 Å². The molecule has 0 aliphatic carbocycles. The molecule has 2 heterocycles. The Hall–Kier alpha value is -1.87. The topological polar surface area (TPSA) is 68.1 Å². The lowest BCUT2D eigenvalue weighted by Gasteiger charge is -2.34. The number of hydrogen-bond acceptors (Lipinski definition) is 6. The third kappa shape index (κ3) is 2.87. The summed E-state index contributed by atoms with van der Waals surface area (Å²) < 4.78 is 0. The van der Waals surface area contributed by atoms with Crippen LogP contribution in [0.3, 0.4) is 0 Å². The molecule has 0 spiro atoms. The van der Waals surface area contributed by atoms with Gasteiger partial charge in [0.25, 0.3) is 0 Å². The van der Waals surface area contributed by atoms with Gasteiger partial charge in [0.2, 0.25) is 0 Å². The first-order valence-electron chi connectivity index (χ1n) is 6.21. The van der Waals surface area contributed by atoms with E-state index in [9.17, 15) is 0 Å². The molecule has 1 aromatic heterocycles. The van der Waals surface area contributed by atoms with E-state index in [0.29, 0.717) is 11.6 Å². The summed E-state index contributed by atoms with van der Waals surface area (Å²) in [6.07, 6.45) is 1.89. The van der Waals surface area contributed by atoms with Gasteiger partial charge in [0.05, 0.1) is 0 Å². The Balaban J connectivity index is 2.11. The third-order valence-corrected chi connectivity index (χ3v) is 3.15. The van der Waals surface area contributed by atoms with Crippen molar-refractivity contribution in [1.82, 2.24) is 14.9 Å². The number of piperazine rings is 1. The summed E-state index contributed by atoms with van der Waals surface area (Å²) in [5.74, 6) is 2.15. The van der Waals surface area contributed by atoms with E-state index in [1.807, 2.05) is 19.2 Å². The van der Waals surface area contributed by atoms with Crippen molar-refractivity contribution in [3.8, 4) is 6.19 Å². The van der Waals surface area contributed by atoms with Gasteiger partial charge in [-0.1, -0.05) is 6.92 Å². The van der Waals surface area contributed by atoms with E-state index in [0.717, 1.165) is 38.5 Å². The lowest BCUT2D eigenvalue weighted by atomic mass is 10.3. The molecular formula is C12H18N6. The lowest BCUT2D eigenvalue weighted by Crippen LogP contribution is -2.46. The number of aromatic nitrogens is 2. The monoisotopic (exact) mass is 246 g/mol. The fourth-order valence-electron chi connectivity index (χ4n) is 2.13. The molecule has 0 radical (unpaired) electrons. The summed E-state index contributed by atoms with van der Waals surface area (Å²) in [4.78, 5) is 13.3. The second kappa shape index (κ2) is 5.65. The number of aryl methyl sites for hydroxylation is 1. The predicted molar refractivity (Wildman–Crippen MR) is 70.3 cm³/mol. The number of nitriles is 1. The normalized spacial score (nSPS) is 16.4. The van der Waals surface area contributed by atoms with Crippen molar-refractivity contribution >= 4 is 11.6 Å². The van der Waals surface area contributed by atoms with Crippen LogP contribution in [0.5, 0.6) is 0 Å². The maximum Gasteiger partial charge on any atom is 0.182 e. The average molecular weight is 246 g/mol. The second-order valence-corrected chi connectivity index (χ2v) is 4.32. The molecule has 1 aliphatic heterocycles. The summed E-state index contributed by atoms with van der Waals surface area (Å²) in [5.41, 5.74) is 0. The quantitative estimate of drug-likeness (QED) is 0.629. The summed E-state index contributed by atoms with van der Waals surface area (Å²) >= 11 is 0. The number of anilines is 2. The summed E-state index contributed by atoms with van der Waals surface area (Å²) in [7, 11) is 0. The molecule has 0 atom stereocenters. The predicted octanol–water partition coefficient (Wildman–Crippen LogP) is 0.820. The van der Waals surface area contributed by atoms with Crippen LogP contribution in [0.1, 0.15) is 12.7 Å². The van der Waals surface area contributed by atoms with Crippen molar-refractivity contribution in [2.75, 3.05) is 42.9 Å². The molecular weight excluding hydrogens is 228 g/mol. The molecule has 0 unspecified atom stereocenters. The van der Waals surface area contributed by atoms with E-state index >= 15 is 0 Å². The van der Waals surface area contributed by atoms with Crippen molar-refractivity contribution in [3.05, 3.63) is 11.9 Å². The van der Waals surface area contributed by atoms with E-state index in [4.69, 9.17) is 5.26 Å². The average Bonchev–Trinajstić information content (AvgIpc) is 2.38. The number of hydrogen-bond donors (Lipinski definition) is 1. The number of nitrogens with one attached hydrogen (secondary N) is 1. The summed E-state index contributed by atoms with van der Waals surface area (Å²) in [6.45, 7) is 9.17. The van der Waals surface area contributed by atoms with Crippen LogP contribution >= 0.6 is 0 Å². The van der Waals surface area contributed by atoms with Crippen LogP contribution in [0.15, 0.2) is 6.07 Å². The van der Waals surface area contributed by atoms with Gasteiger partial charge in [-0.3, -0.25) is 5.32 Å². The van der Waals surface area contributed by atoms with E-state index < -0.39 is 0 Å². The Morgan fingerprint density at radius 1 is 1.33 bits per heavy atom. The first kappa shape index (κ1) is 12.6. The Morgan fingerprint density at radius 3 is 2.67 bits per heavy atom. The Kier molecular flexibility index (Phi) is 3.95. The van der Waals surface area contributed by atoms with Gasteiger partial charge in [-0.25, -0.2) is 9.97 Å². The van der Waals surface area contributed by atoms with E-state index in [-0.39, 0.29) is 0 Å². The van der Waals surface area contributed by atoms with E-state index in [1.54, 1.807) is 0 Å². The standard InChI is InChI=1S/C12H18N6/c1-3-17-4-6-18(7-5-17)12-8-11(14-9-13)15-10(2)16-12/h8H,3-7H2,1-2H3,(H,14,15,16). The van der Waals surface area contributed by atoms with Gasteiger partial charge in [-0.05, 0) is 13.5 Å². The molecule has 1 aromatic rings. The van der Waals surface area contributed by atoms with Crippen LogP contribution in [0.4, 0.5) is 11.6 Å². The SMILES string of the molecule is CCN1CCN(c2cc(NC#N)nc(C)n2)CC1. The highest BCUT2D eigenvalue weighted by Crippen LogP contribution is 2.17. The van der Waals surface area contributed by atoms with Crippen molar-refractivity contribution in [3.63, 3.8) is 0 Å². The van der Waals surface area contributed by atoms with Crippen LogP contribution in [0.25, 0.3) is 0 Å². The summed E-state index contributed by atoms with van der Waals surface area (Å²) in [6, 6.07) is 1.83. The molecule has 1 aliphatic rings. The maximum absolute atomic E-state index is 8.64. The minimum Gasteiger partial charge on any atom is -0.354 e. The minimum absolute atomic E-state index is 0.568. The lowest BCUT2D eigenvalue weighted by molar-refractivity contribution is 0.270. The molecule has 0 amide bonds. The van der Waals surface area contributed by atoms with Crippen molar-refractivity contribution in [1.29, 1.82) is 5.26 Å². The van der Waals surface area contributed by atoms with Crippen LogP contribution in [0, 0.1) is 18.4 Å². The molecule has 18 heavy (non-hydrogen) atoms. The molecule has 2 rings (SSSR count). The second-order valence-electron chi connectivity index (χ2n) is 4.32. The largest absolute Gasteiger partial charge is 0.354 e. The zero-order valence-corrected chi connectivity index (χ0v) is 10.8. The molecule has 1 fully saturated rings. The highest BCUT2D eigenvalue weighted by Gasteiger charge is 2.17. The number of rotatable bonds is 3. The van der Waals surface area contributed by atoms with Crippen LogP contribution in [0.2, 0.25) is 0 Å². The fraction of sp³-hybridized carbons (Fsp3) is 0.583. The van der Waals surface area contributed by atoms with Gasteiger partial charge in [-0.15, -0.1) is 0 Å². The van der Waals surface area contributed by atoms with E-state index in [1.165, 1.54) is 0 Å². The molecule has 96 valence electrons. The highest BCUT2D eigenvalue weighted by molar-refractivity contribution is 5.51. The van der Waals surface area contributed by atoms with Gasteiger partial charge in [0, 0.05) is 32.2 Å². The van der Waals surface area contributed by atoms with Crippen molar-refractivity contribution in [2.45, 2.75) is 13.8 Å². The molecule has 1 saturated heterocycles. The third-order valence-electron chi connectivity index (χ3n) is 3.15. The molecule has 0 aromatic carbocycles. The van der Waals surface area contributed by atoms with Crippen molar-refractivity contribution in [2.24, 2.45) is 0 Å². The number of nitrogens with zero attached hydrogens (tertiary/aromatic N) is 5.